The summed E-state index contributed by atoms with van der Waals surface area (Å²) in [6.45, 7) is 5.95. The van der Waals surface area contributed by atoms with Crippen molar-refractivity contribution in [3.8, 4) is 0 Å². The van der Waals surface area contributed by atoms with E-state index < -0.39 is 11.3 Å². The van der Waals surface area contributed by atoms with Crippen molar-refractivity contribution in [1.29, 1.82) is 0 Å². The Bertz CT molecular complexity index is 299. The molecule has 2 aliphatic rings. The molecule has 18 heavy (non-hydrogen) atoms. The second-order valence-electron chi connectivity index (χ2n) is 5.90. The van der Waals surface area contributed by atoms with Gasteiger partial charge in [-0.2, -0.15) is 0 Å². The van der Waals surface area contributed by atoms with Crippen molar-refractivity contribution in [2.24, 2.45) is 5.41 Å². The molecule has 106 valence electrons. The molecule has 0 unspecified atom stereocenters. The minimum absolute atomic E-state index is 0.00331. The maximum atomic E-state index is 13.6. The van der Waals surface area contributed by atoms with E-state index in [1.165, 1.54) is 0 Å². The first-order valence-electron chi connectivity index (χ1n) is 6.63. The summed E-state index contributed by atoms with van der Waals surface area (Å²) in [6.07, 6.45) is 1.09. The zero-order chi connectivity index (χ0) is 13.4. The molecular weight excluding hydrogens is 240 g/mol. The van der Waals surface area contributed by atoms with Gasteiger partial charge < -0.3 is 9.47 Å². The van der Waals surface area contributed by atoms with Gasteiger partial charge in [0.05, 0.1) is 24.2 Å². The number of methoxy groups -OCH3 is 1. The number of likely N-dealkylation sites (tertiary alicyclic amines) is 1. The predicted octanol–water partition coefficient (Wildman–Crippen LogP) is 2.16. The summed E-state index contributed by atoms with van der Waals surface area (Å²) >= 11 is 0. The third-order valence-corrected chi connectivity index (χ3v) is 3.99. The quantitative estimate of drug-likeness (QED) is 0.733. The van der Waals surface area contributed by atoms with Crippen LogP contribution in [0.5, 0.6) is 0 Å². The SMILES string of the molecule is CO[C@@H]1CCN(C[C@@]2(COC(C)C)CC2(F)F)C1. The largest absolute Gasteiger partial charge is 0.380 e. The van der Waals surface area contributed by atoms with Gasteiger partial charge in [0.2, 0.25) is 0 Å². The molecule has 0 N–H and O–H groups in total. The Morgan fingerprint density at radius 3 is 2.50 bits per heavy atom. The van der Waals surface area contributed by atoms with Gasteiger partial charge in [0, 0.05) is 33.2 Å². The highest BCUT2D eigenvalue weighted by molar-refractivity contribution is 5.12. The Labute approximate surface area is 107 Å². The van der Waals surface area contributed by atoms with Gasteiger partial charge >= 0.3 is 0 Å². The summed E-state index contributed by atoms with van der Waals surface area (Å²) in [5.74, 6) is -2.56. The lowest BCUT2D eigenvalue weighted by molar-refractivity contribution is -0.0243. The van der Waals surface area contributed by atoms with Crippen molar-refractivity contribution in [3.05, 3.63) is 0 Å². The molecule has 2 fully saturated rings. The lowest BCUT2D eigenvalue weighted by Gasteiger charge is -2.24. The highest BCUT2D eigenvalue weighted by atomic mass is 19.3. The smallest absolute Gasteiger partial charge is 0.258 e. The standard InChI is InChI=1S/C13H23F2NO2/c1-10(2)18-9-12(7-13(12,14)15)8-16-5-4-11(6-16)17-3/h10-11H,4-9H2,1-3H3/t11-,12-/m1/s1. The average Bonchev–Trinajstić information content (AvgIpc) is 2.64. The van der Waals surface area contributed by atoms with Crippen LogP contribution in [-0.2, 0) is 9.47 Å². The number of ether oxygens (including phenoxy) is 2. The Balaban J connectivity index is 1.88. The summed E-state index contributed by atoms with van der Waals surface area (Å²) in [5.41, 5.74) is -0.958. The van der Waals surface area contributed by atoms with Crippen LogP contribution >= 0.6 is 0 Å². The van der Waals surface area contributed by atoms with Crippen LogP contribution in [-0.4, -0.2) is 56.4 Å². The summed E-state index contributed by atoms with van der Waals surface area (Å²) in [6, 6.07) is 0. The number of rotatable bonds is 6. The topological polar surface area (TPSA) is 21.7 Å². The van der Waals surface area contributed by atoms with E-state index in [-0.39, 0.29) is 25.2 Å². The van der Waals surface area contributed by atoms with E-state index in [1.54, 1.807) is 7.11 Å². The van der Waals surface area contributed by atoms with E-state index in [0.29, 0.717) is 6.54 Å². The molecule has 1 saturated carbocycles. The molecule has 0 spiro atoms. The van der Waals surface area contributed by atoms with Gasteiger partial charge in [-0.15, -0.1) is 0 Å². The van der Waals surface area contributed by atoms with Crippen molar-refractivity contribution in [1.82, 2.24) is 4.90 Å². The fourth-order valence-corrected chi connectivity index (χ4v) is 2.64. The van der Waals surface area contributed by atoms with Gasteiger partial charge in [-0.3, -0.25) is 4.90 Å². The Kier molecular flexibility index (Phi) is 3.95. The summed E-state index contributed by atoms with van der Waals surface area (Å²) in [4.78, 5) is 2.08. The monoisotopic (exact) mass is 263 g/mol. The first-order valence-corrected chi connectivity index (χ1v) is 6.63. The van der Waals surface area contributed by atoms with E-state index in [0.717, 1.165) is 19.5 Å². The predicted molar refractivity (Wildman–Crippen MR) is 64.9 cm³/mol. The zero-order valence-corrected chi connectivity index (χ0v) is 11.4. The van der Waals surface area contributed by atoms with Gasteiger partial charge in [-0.1, -0.05) is 0 Å². The number of hydrogen-bond donors (Lipinski definition) is 0. The van der Waals surface area contributed by atoms with Crippen LogP contribution in [0.2, 0.25) is 0 Å². The molecule has 0 aromatic rings. The molecule has 1 aliphatic heterocycles. The molecule has 1 heterocycles. The second-order valence-corrected chi connectivity index (χ2v) is 5.90. The number of nitrogens with zero attached hydrogens (tertiary/aromatic N) is 1. The number of hydrogen-bond acceptors (Lipinski definition) is 3. The summed E-state index contributed by atoms with van der Waals surface area (Å²) < 4.78 is 37.9. The molecule has 1 aliphatic carbocycles. The molecule has 0 aromatic carbocycles. The van der Waals surface area contributed by atoms with Gasteiger partial charge in [-0.05, 0) is 20.3 Å². The summed E-state index contributed by atoms with van der Waals surface area (Å²) in [5, 5.41) is 0. The molecule has 3 nitrogen and oxygen atoms in total. The first kappa shape index (κ1) is 14.2. The Morgan fingerprint density at radius 1 is 1.39 bits per heavy atom. The normalized spacial score (nSPS) is 35.3. The molecule has 0 aromatic heterocycles. The second kappa shape index (κ2) is 5.02. The van der Waals surface area contributed by atoms with Crippen LogP contribution in [0.1, 0.15) is 26.7 Å². The molecule has 0 bridgehead atoms. The van der Waals surface area contributed by atoms with Gasteiger partial charge in [0.1, 0.15) is 0 Å². The highest BCUT2D eigenvalue weighted by Crippen LogP contribution is 2.61. The third kappa shape index (κ3) is 2.83. The molecule has 1 saturated heterocycles. The van der Waals surface area contributed by atoms with Crippen LogP contribution in [0.4, 0.5) is 8.78 Å². The zero-order valence-electron chi connectivity index (χ0n) is 11.4. The number of halogens is 2. The van der Waals surface area contributed by atoms with Crippen LogP contribution in [0.25, 0.3) is 0 Å². The molecule has 2 atom stereocenters. The maximum absolute atomic E-state index is 13.6. The van der Waals surface area contributed by atoms with Crippen LogP contribution in [0.15, 0.2) is 0 Å². The molecule has 0 radical (unpaired) electrons. The Morgan fingerprint density at radius 2 is 2.06 bits per heavy atom. The fraction of sp³-hybridized carbons (Fsp3) is 1.00. The minimum Gasteiger partial charge on any atom is -0.380 e. The lowest BCUT2D eigenvalue weighted by atomic mass is 10.1. The highest BCUT2D eigenvalue weighted by Gasteiger charge is 2.71. The van der Waals surface area contributed by atoms with Crippen molar-refractivity contribution in [3.63, 3.8) is 0 Å². The van der Waals surface area contributed by atoms with Crippen LogP contribution < -0.4 is 0 Å². The van der Waals surface area contributed by atoms with Crippen molar-refractivity contribution in [2.75, 3.05) is 33.4 Å². The van der Waals surface area contributed by atoms with E-state index in [9.17, 15) is 8.78 Å². The Hall–Kier alpha value is -0.260. The van der Waals surface area contributed by atoms with Crippen molar-refractivity contribution in [2.45, 2.75) is 44.8 Å². The van der Waals surface area contributed by atoms with Gasteiger partial charge in [0.15, 0.2) is 0 Å². The van der Waals surface area contributed by atoms with Crippen LogP contribution in [0, 0.1) is 5.41 Å². The van der Waals surface area contributed by atoms with Gasteiger partial charge in [-0.25, -0.2) is 8.78 Å². The minimum atomic E-state index is -2.56. The van der Waals surface area contributed by atoms with E-state index in [4.69, 9.17) is 9.47 Å². The molecule has 0 amide bonds. The molecular formula is C13H23F2NO2. The van der Waals surface area contributed by atoms with Crippen LogP contribution in [0.3, 0.4) is 0 Å². The summed E-state index contributed by atoms with van der Waals surface area (Å²) in [7, 11) is 1.68. The van der Waals surface area contributed by atoms with E-state index in [1.807, 2.05) is 13.8 Å². The average molecular weight is 263 g/mol. The molecule has 5 heteroatoms. The lowest BCUT2D eigenvalue weighted by Crippen LogP contribution is -2.35. The van der Waals surface area contributed by atoms with Crippen molar-refractivity contribution < 1.29 is 18.3 Å². The fourth-order valence-electron chi connectivity index (χ4n) is 2.64. The third-order valence-electron chi connectivity index (χ3n) is 3.99. The first-order chi connectivity index (χ1) is 8.38. The van der Waals surface area contributed by atoms with E-state index >= 15 is 0 Å². The van der Waals surface area contributed by atoms with E-state index in [2.05, 4.69) is 4.90 Å². The van der Waals surface area contributed by atoms with Gasteiger partial charge in [0.25, 0.3) is 5.92 Å². The maximum Gasteiger partial charge on any atom is 0.258 e. The molecule has 2 rings (SSSR count). The van der Waals surface area contributed by atoms with Crippen molar-refractivity contribution >= 4 is 0 Å². The number of alkyl halides is 2.